The van der Waals surface area contributed by atoms with E-state index in [0.717, 1.165) is 23.3 Å². The van der Waals surface area contributed by atoms with E-state index in [-0.39, 0.29) is 29.6 Å². The minimum absolute atomic E-state index is 0.00263. The predicted octanol–water partition coefficient (Wildman–Crippen LogP) is 5.54. The van der Waals surface area contributed by atoms with Gasteiger partial charge in [-0.25, -0.2) is 8.42 Å². The van der Waals surface area contributed by atoms with Crippen LogP contribution in [0, 0.1) is 6.92 Å². The van der Waals surface area contributed by atoms with Crippen LogP contribution in [0.4, 0.5) is 18.9 Å². The van der Waals surface area contributed by atoms with Crippen molar-refractivity contribution in [2.75, 3.05) is 10.8 Å². The second-order valence-corrected chi connectivity index (χ2v) is 11.8. The lowest BCUT2D eigenvalue weighted by Crippen LogP contribution is -2.53. The van der Waals surface area contributed by atoms with Crippen LogP contribution >= 0.6 is 0 Å². The number of hydrogen-bond donors (Lipinski definition) is 1. The highest BCUT2D eigenvalue weighted by atomic mass is 32.2. The third kappa shape index (κ3) is 7.87. The van der Waals surface area contributed by atoms with Gasteiger partial charge in [0.25, 0.3) is 10.0 Å². The fraction of sp³-hybridized carbons (Fsp3) is 0.333. The topological polar surface area (TPSA) is 86.8 Å². The zero-order valence-corrected chi connectivity index (χ0v) is 24.2. The van der Waals surface area contributed by atoms with Gasteiger partial charge in [0.05, 0.1) is 16.1 Å². The average molecular weight is 590 g/mol. The van der Waals surface area contributed by atoms with Crippen LogP contribution in [0.5, 0.6) is 0 Å². The molecule has 1 atom stereocenters. The Kier molecular flexibility index (Phi) is 10.2. The summed E-state index contributed by atoms with van der Waals surface area (Å²) < 4.78 is 69.0. The van der Waals surface area contributed by atoms with E-state index in [1.807, 2.05) is 19.1 Å². The van der Waals surface area contributed by atoms with E-state index in [1.165, 1.54) is 35.2 Å². The summed E-state index contributed by atoms with van der Waals surface area (Å²) in [6.07, 6.45) is -4.51. The van der Waals surface area contributed by atoms with Crippen LogP contribution in [-0.4, -0.2) is 43.8 Å². The molecule has 220 valence electrons. The molecule has 7 nitrogen and oxygen atoms in total. The lowest BCUT2D eigenvalue weighted by Gasteiger charge is -2.34. The lowest BCUT2D eigenvalue weighted by molar-refractivity contribution is -0.140. The molecule has 0 aromatic heterocycles. The number of sulfonamides is 1. The van der Waals surface area contributed by atoms with Crippen LogP contribution in [0.2, 0.25) is 0 Å². The minimum atomic E-state index is -4.73. The van der Waals surface area contributed by atoms with E-state index in [9.17, 15) is 31.2 Å². The molecule has 1 unspecified atom stereocenters. The molecule has 0 bridgehead atoms. The Balaban J connectivity index is 2.12. The first-order valence-electron chi connectivity index (χ1n) is 13.1. The summed E-state index contributed by atoms with van der Waals surface area (Å²) in [5.41, 5.74) is 0.215. The van der Waals surface area contributed by atoms with Gasteiger partial charge < -0.3 is 10.2 Å². The maximum Gasteiger partial charge on any atom is 0.416 e. The third-order valence-electron chi connectivity index (χ3n) is 6.49. The quantitative estimate of drug-likeness (QED) is 0.318. The highest BCUT2D eigenvalue weighted by molar-refractivity contribution is 7.92. The number of nitrogens with zero attached hydrogens (tertiary/aromatic N) is 2. The first-order chi connectivity index (χ1) is 19.3. The van der Waals surface area contributed by atoms with Crippen molar-refractivity contribution in [1.82, 2.24) is 10.2 Å². The number of anilines is 1. The molecular formula is C30H34F3N3O4S. The van der Waals surface area contributed by atoms with Crippen LogP contribution < -0.4 is 9.62 Å². The summed E-state index contributed by atoms with van der Waals surface area (Å²) in [7, 11) is -4.48. The van der Waals surface area contributed by atoms with Gasteiger partial charge in [-0.2, -0.15) is 13.2 Å². The third-order valence-corrected chi connectivity index (χ3v) is 8.28. The van der Waals surface area contributed by atoms with Gasteiger partial charge in [-0.15, -0.1) is 0 Å². The molecular weight excluding hydrogens is 555 g/mol. The Morgan fingerprint density at radius 1 is 0.927 bits per heavy atom. The first-order valence-corrected chi connectivity index (χ1v) is 14.6. The fourth-order valence-corrected chi connectivity index (χ4v) is 5.78. The number of hydrogen-bond acceptors (Lipinski definition) is 4. The zero-order chi connectivity index (χ0) is 30.4. The number of rotatable bonds is 11. The monoisotopic (exact) mass is 589 g/mol. The molecule has 0 aliphatic rings. The number of alkyl halides is 3. The SMILES string of the molecule is CCC(C(=O)NC(C)C)N(Cc1ccccc1C)C(=O)CN(c1cccc(C(F)(F)F)c1)S(=O)(=O)c1ccccc1. The van der Waals surface area contributed by atoms with E-state index in [2.05, 4.69) is 5.32 Å². The van der Waals surface area contributed by atoms with Crippen molar-refractivity contribution in [3.05, 3.63) is 95.6 Å². The summed E-state index contributed by atoms with van der Waals surface area (Å²) >= 11 is 0. The number of halogens is 3. The molecule has 0 spiro atoms. The van der Waals surface area contributed by atoms with Gasteiger partial charge >= 0.3 is 6.18 Å². The van der Waals surface area contributed by atoms with Gasteiger partial charge in [-0.05, 0) is 68.7 Å². The molecule has 3 rings (SSSR count). The Morgan fingerprint density at radius 2 is 1.56 bits per heavy atom. The Labute approximate surface area is 239 Å². The standard InChI is InChI=1S/C30H34F3N3O4S/c1-5-27(29(38)34-21(2)3)35(19-23-13-10-9-12-22(23)4)28(37)20-36(41(39,40)26-16-7-6-8-17-26)25-15-11-14-24(18-25)30(31,32)33/h6-18,21,27H,5,19-20H2,1-4H3,(H,34,38). The van der Waals surface area contributed by atoms with E-state index >= 15 is 0 Å². The smallest absolute Gasteiger partial charge is 0.352 e. The number of amides is 2. The summed E-state index contributed by atoms with van der Waals surface area (Å²) in [5, 5.41) is 2.81. The molecule has 2 amide bonds. The molecule has 0 radical (unpaired) electrons. The molecule has 0 aliphatic heterocycles. The van der Waals surface area contributed by atoms with Crippen molar-refractivity contribution in [1.29, 1.82) is 0 Å². The molecule has 0 aliphatic carbocycles. The Hall–Kier alpha value is -3.86. The molecule has 0 fully saturated rings. The molecule has 41 heavy (non-hydrogen) atoms. The van der Waals surface area contributed by atoms with E-state index in [0.29, 0.717) is 10.4 Å². The Morgan fingerprint density at radius 3 is 2.15 bits per heavy atom. The largest absolute Gasteiger partial charge is 0.416 e. The van der Waals surface area contributed by atoms with Gasteiger partial charge in [0.2, 0.25) is 11.8 Å². The lowest BCUT2D eigenvalue weighted by atomic mass is 10.1. The second kappa shape index (κ2) is 13.2. The summed E-state index contributed by atoms with van der Waals surface area (Å²) in [4.78, 5) is 28.3. The van der Waals surface area contributed by atoms with Crippen molar-refractivity contribution in [3.8, 4) is 0 Å². The predicted molar refractivity (Wildman–Crippen MR) is 152 cm³/mol. The van der Waals surface area contributed by atoms with Crippen molar-refractivity contribution >= 4 is 27.5 Å². The number of benzene rings is 3. The van der Waals surface area contributed by atoms with E-state index in [4.69, 9.17) is 0 Å². The van der Waals surface area contributed by atoms with Crippen LogP contribution in [-0.2, 0) is 32.3 Å². The van der Waals surface area contributed by atoms with Crippen molar-refractivity contribution in [2.24, 2.45) is 0 Å². The van der Waals surface area contributed by atoms with Crippen LogP contribution in [0.1, 0.15) is 43.9 Å². The van der Waals surface area contributed by atoms with Crippen molar-refractivity contribution < 1.29 is 31.2 Å². The van der Waals surface area contributed by atoms with E-state index in [1.54, 1.807) is 39.0 Å². The van der Waals surface area contributed by atoms with Gasteiger partial charge in [0, 0.05) is 12.6 Å². The van der Waals surface area contributed by atoms with Crippen molar-refractivity contribution in [2.45, 2.75) is 63.8 Å². The van der Waals surface area contributed by atoms with Crippen molar-refractivity contribution in [3.63, 3.8) is 0 Å². The highest BCUT2D eigenvalue weighted by Gasteiger charge is 2.36. The molecule has 3 aromatic rings. The maximum atomic E-state index is 14.0. The summed E-state index contributed by atoms with van der Waals surface area (Å²) in [6, 6.07) is 17.1. The van der Waals surface area contributed by atoms with Gasteiger partial charge in [-0.1, -0.05) is 55.5 Å². The molecule has 0 saturated heterocycles. The molecule has 11 heteroatoms. The number of carbonyl (C=O) groups excluding carboxylic acids is 2. The van der Waals surface area contributed by atoms with Crippen LogP contribution in [0.15, 0.2) is 83.8 Å². The molecule has 0 saturated carbocycles. The normalized spacial score (nSPS) is 12.6. The van der Waals surface area contributed by atoms with Gasteiger partial charge in [0.1, 0.15) is 12.6 Å². The van der Waals surface area contributed by atoms with Gasteiger partial charge in [-0.3, -0.25) is 13.9 Å². The fourth-order valence-electron chi connectivity index (χ4n) is 4.36. The summed E-state index contributed by atoms with van der Waals surface area (Å²) in [5.74, 6) is -1.16. The minimum Gasteiger partial charge on any atom is -0.352 e. The second-order valence-electron chi connectivity index (χ2n) is 9.91. The number of nitrogens with one attached hydrogen (secondary N) is 1. The molecule has 3 aromatic carbocycles. The Bertz CT molecular complexity index is 1460. The highest BCUT2D eigenvalue weighted by Crippen LogP contribution is 2.33. The zero-order valence-electron chi connectivity index (χ0n) is 23.4. The number of aryl methyl sites for hydroxylation is 1. The van der Waals surface area contributed by atoms with Gasteiger partial charge in [0.15, 0.2) is 0 Å². The van der Waals surface area contributed by atoms with Crippen LogP contribution in [0.3, 0.4) is 0 Å². The maximum absolute atomic E-state index is 14.0. The van der Waals surface area contributed by atoms with E-state index < -0.39 is 46.2 Å². The number of carbonyl (C=O) groups is 2. The summed E-state index contributed by atoms with van der Waals surface area (Å²) in [6.45, 7) is 6.31. The molecule has 1 N–H and O–H groups in total. The average Bonchev–Trinajstić information content (AvgIpc) is 2.92. The molecule has 0 heterocycles. The first kappa shape index (κ1) is 31.7. The van der Waals surface area contributed by atoms with Crippen LogP contribution in [0.25, 0.3) is 0 Å².